The van der Waals surface area contributed by atoms with Gasteiger partial charge in [-0.3, -0.25) is 19.4 Å². The van der Waals surface area contributed by atoms with E-state index in [-0.39, 0.29) is 24.4 Å². The number of carbonyl (C=O) groups is 2. The van der Waals surface area contributed by atoms with Crippen LogP contribution in [0.2, 0.25) is 0 Å². The molecule has 0 aromatic heterocycles. The molecule has 10 heteroatoms. The van der Waals surface area contributed by atoms with Crippen molar-refractivity contribution >= 4 is 12.1 Å². The first-order valence-corrected chi connectivity index (χ1v) is 8.96. The summed E-state index contributed by atoms with van der Waals surface area (Å²) in [7, 11) is 0. The molecule has 2 fully saturated rings. The number of hydroxylamine groups is 8. The lowest BCUT2D eigenvalue weighted by atomic mass is 10.4. The number of nitrogens with zero attached hydrogens (tertiary/aromatic N) is 4. The van der Waals surface area contributed by atoms with Crippen molar-refractivity contribution in [1.82, 2.24) is 20.3 Å². The van der Waals surface area contributed by atoms with Gasteiger partial charge in [-0.2, -0.15) is 20.3 Å². The van der Waals surface area contributed by atoms with Crippen molar-refractivity contribution in [2.75, 3.05) is 0 Å². The van der Waals surface area contributed by atoms with Gasteiger partial charge < -0.3 is 0 Å². The van der Waals surface area contributed by atoms with Crippen molar-refractivity contribution in [3.63, 3.8) is 0 Å². The SMILES string of the molecule is CC(C)ON1C(=O)N(OC(C)C)C2C1N(OC(C)C)C(=O)N2OC(C)C. The normalized spacial score (nSPS) is 23.7. The maximum Gasteiger partial charge on any atom is 0.372 e. The zero-order valence-corrected chi connectivity index (χ0v) is 16.7. The molecule has 0 saturated carbocycles. The minimum Gasteiger partial charge on any atom is -0.264 e. The van der Waals surface area contributed by atoms with Gasteiger partial charge in [0.25, 0.3) is 0 Å². The van der Waals surface area contributed by atoms with Crippen LogP contribution in [0.1, 0.15) is 55.4 Å². The Kier molecular flexibility index (Phi) is 6.33. The summed E-state index contributed by atoms with van der Waals surface area (Å²) in [5.41, 5.74) is 0. The van der Waals surface area contributed by atoms with Crippen molar-refractivity contribution in [2.24, 2.45) is 0 Å². The number of rotatable bonds is 8. The molecule has 0 aromatic carbocycles. The first kappa shape index (κ1) is 20.7. The highest BCUT2D eigenvalue weighted by molar-refractivity contribution is 5.82. The highest BCUT2D eigenvalue weighted by Crippen LogP contribution is 2.37. The fourth-order valence-electron chi connectivity index (χ4n) is 2.66. The molecule has 0 aromatic rings. The van der Waals surface area contributed by atoms with Crippen molar-refractivity contribution in [2.45, 2.75) is 92.1 Å². The summed E-state index contributed by atoms with van der Waals surface area (Å²) < 4.78 is 0. The van der Waals surface area contributed by atoms with E-state index in [0.29, 0.717) is 0 Å². The van der Waals surface area contributed by atoms with E-state index in [4.69, 9.17) is 19.4 Å². The van der Waals surface area contributed by atoms with E-state index in [1.807, 2.05) is 0 Å². The molecule has 2 saturated heterocycles. The zero-order valence-electron chi connectivity index (χ0n) is 16.7. The molecule has 0 radical (unpaired) electrons. The largest absolute Gasteiger partial charge is 0.372 e. The van der Waals surface area contributed by atoms with Gasteiger partial charge in [0.2, 0.25) is 12.3 Å². The van der Waals surface area contributed by atoms with Gasteiger partial charge in [-0.25, -0.2) is 9.59 Å². The van der Waals surface area contributed by atoms with Crippen LogP contribution < -0.4 is 0 Å². The monoisotopic (exact) mass is 374 g/mol. The summed E-state index contributed by atoms with van der Waals surface area (Å²) in [5, 5.41) is 4.45. The Hall–Kier alpha value is -1.62. The number of carbonyl (C=O) groups excluding carboxylic acids is 2. The van der Waals surface area contributed by atoms with E-state index in [9.17, 15) is 9.59 Å². The van der Waals surface area contributed by atoms with Crippen LogP contribution >= 0.6 is 0 Å². The fourth-order valence-corrected chi connectivity index (χ4v) is 2.66. The highest BCUT2D eigenvalue weighted by atomic mass is 16.8. The van der Waals surface area contributed by atoms with E-state index in [1.165, 1.54) is 0 Å². The Balaban J connectivity index is 2.44. The van der Waals surface area contributed by atoms with Crippen LogP contribution in [0.15, 0.2) is 0 Å². The Morgan fingerprint density at radius 2 is 0.731 bits per heavy atom. The van der Waals surface area contributed by atoms with Crippen LogP contribution in [-0.4, -0.2) is 69.1 Å². The summed E-state index contributed by atoms with van der Waals surface area (Å²) in [5.74, 6) is 0. The zero-order chi connectivity index (χ0) is 19.8. The second-order valence-electron chi connectivity index (χ2n) is 7.31. The summed E-state index contributed by atoms with van der Waals surface area (Å²) in [4.78, 5) is 48.4. The third kappa shape index (κ3) is 4.03. The minimum atomic E-state index is -0.864. The molecule has 0 aliphatic carbocycles. The number of hydrogen-bond donors (Lipinski definition) is 0. The Morgan fingerprint density at radius 3 is 0.885 bits per heavy atom. The predicted molar refractivity (Wildman–Crippen MR) is 90.6 cm³/mol. The van der Waals surface area contributed by atoms with Crippen LogP contribution in [0, 0.1) is 0 Å². The van der Waals surface area contributed by atoms with E-state index >= 15 is 0 Å². The van der Waals surface area contributed by atoms with Gasteiger partial charge in [-0.15, -0.1) is 0 Å². The van der Waals surface area contributed by atoms with Gasteiger partial charge in [-0.1, -0.05) is 0 Å². The Morgan fingerprint density at radius 1 is 0.538 bits per heavy atom. The molecule has 0 spiro atoms. The first-order valence-electron chi connectivity index (χ1n) is 8.96. The molecular weight excluding hydrogens is 344 g/mol. The minimum absolute atomic E-state index is 0.283. The van der Waals surface area contributed by atoms with E-state index < -0.39 is 24.4 Å². The number of amides is 4. The highest BCUT2D eigenvalue weighted by Gasteiger charge is 2.64. The fraction of sp³-hybridized carbons (Fsp3) is 0.875. The molecule has 2 aliphatic heterocycles. The smallest absolute Gasteiger partial charge is 0.264 e. The summed E-state index contributed by atoms with van der Waals surface area (Å²) >= 11 is 0. The molecule has 26 heavy (non-hydrogen) atoms. The van der Waals surface area contributed by atoms with Gasteiger partial charge >= 0.3 is 12.1 Å². The van der Waals surface area contributed by atoms with Crippen LogP contribution in [0.3, 0.4) is 0 Å². The first-order chi connectivity index (χ1) is 12.0. The van der Waals surface area contributed by atoms with Gasteiger partial charge in [0.15, 0.2) is 0 Å². The average Bonchev–Trinajstić information content (AvgIpc) is 2.87. The molecular formula is C16H30N4O6. The van der Waals surface area contributed by atoms with Gasteiger partial charge in [0.05, 0.1) is 24.4 Å². The molecule has 2 heterocycles. The topological polar surface area (TPSA) is 84.0 Å². The van der Waals surface area contributed by atoms with Crippen molar-refractivity contribution < 1.29 is 28.9 Å². The van der Waals surface area contributed by atoms with Crippen molar-refractivity contribution in [1.29, 1.82) is 0 Å². The standard InChI is InChI=1S/C16H30N4O6/c1-9(2)23-17-13-14(19(15(17)21)25-11(5)6)20(26-12(7)8)16(22)18(13)24-10(3)4/h9-14H,1-8H3. The lowest BCUT2D eigenvalue weighted by Crippen LogP contribution is -2.48. The van der Waals surface area contributed by atoms with Gasteiger partial charge in [0.1, 0.15) is 0 Å². The quantitative estimate of drug-likeness (QED) is 0.649. The maximum atomic E-state index is 12.9. The molecule has 4 amide bonds. The number of fused-ring (bicyclic) bond motifs is 1. The second kappa shape index (κ2) is 7.95. The van der Waals surface area contributed by atoms with Crippen LogP contribution in [0.25, 0.3) is 0 Å². The molecule has 2 aliphatic rings. The maximum absolute atomic E-state index is 12.9. The Labute approximate surface area is 154 Å². The molecule has 150 valence electrons. The number of hydrogen-bond acceptors (Lipinski definition) is 6. The number of urea groups is 2. The molecule has 10 nitrogen and oxygen atoms in total. The summed E-state index contributed by atoms with van der Waals surface area (Å²) in [6.07, 6.45) is -2.86. The second-order valence-corrected chi connectivity index (χ2v) is 7.31. The van der Waals surface area contributed by atoms with Gasteiger partial charge in [0, 0.05) is 0 Å². The molecule has 0 N–H and O–H groups in total. The molecule has 0 unspecified atom stereocenters. The summed E-state index contributed by atoms with van der Waals surface area (Å²) in [6.45, 7) is 14.3. The van der Waals surface area contributed by atoms with E-state index in [1.54, 1.807) is 55.4 Å². The van der Waals surface area contributed by atoms with Gasteiger partial charge in [-0.05, 0) is 55.4 Å². The summed E-state index contributed by atoms with van der Waals surface area (Å²) in [6, 6.07) is -1.05. The lowest BCUT2D eigenvalue weighted by molar-refractivity contribution is -0.263. The third-order valence-corrected chi connectivity index (χ3v) is 3.28. The Bertz CT molecular complexity index is 441. The van der Waals surface area contributed by atoms with Crippen molar-refractivity contribution in [3.8, 4) is 0 Å². The lowest BCUT2D eigenvalue weighted by Gasteiger charge is -2.30. The van der Waals surface area contributed by atoms with E-state index in [2.05, 4.69) is 0 Å². The van der Waals surface area contributed by atoms with Crippen LogP contribution in [-0.2, 0) is 19.4 Å². The van der Waals surface area contributed by atoms with Crippen LogP contribution in [0.5, 0.6) is 0 Å². The van der Waals surface area contributed by atoms with Crippen molar-refractivity contribution in [3.05, 3.63) is 0 Å². The predicted octanol–water partition coefficient (Wildman–Crippen LogP) is 2.47. The van der Waals surface area contributed by atoms with Crippen LogP contribution in [0.4, 0.5) is 9.59 Å². The van der Waals surface area contributed by atoms with E-state index in [0.717, 1.165) is 20.3 Å². The third-order valence-electron chi connectivity index (χ3n) is 3.28. The average molecular weight is 374 g/mol. The molecule has 0 bridgehead atoms. The molecule has 0 atom stereocenters. The molecule has 2 rings (SSSR count).